The number of rotatable bonds is 2. The van der Waals surface area contributed by atoms with Crippen molar-refractivity contribution in [3.8, 4) is 0 Å². The van der Waals surface area contributed by atoms with Crippen molar-refractivity contribution < 1.29 is 9.59 Å². The van der Waals surface area contributed by atoms with Gasteiger partial charge in [-0.15, -0.1) is 0 Å². The Kier molecular flexibility index (Phi) is 3.12. The fourth-order valence-electron chi connectivity index (χ4n) is 2.12. The van der Waals surface area contributed by atoms with E-state index < -0.39 is 0 Å². The van der Waals surface area contributed by atoms with Crippen molar-refractivity contribution >= 4 is 28.9 Å². The minimum absolute atomic E-state index is 0.185. The van der Waals surface area contributed by atoms with Gasteiger partial charge in [0.2, 0.25) is 5.78 Å². The number of fused-ring (bicyclic) bond motifs is 1. The third-order valence-corrected chi connectivity index (χ3v) is 3.43. The van der Waals surface area contributed by atoms with Gasteiger partial charge in [-0.1, -0.05) is 48.0 Å². The molecule has 4 heteroatoms. The summed E-state index contributed by atoms with van der Waals surface area (Å²) in [4.78, 5) is 24.4. The van der Waals surface area contributed by atoms with Gasteiger partial charge in [-0.05, 0) is 12.1 Å². The van der Waals surface area contributed by atoms with E-state index in [9.17, 15) is 9.59 Å². The number of carbonyl (C=O) groups excluding carboxylic acids is 2. The standard InChI is InChI=1S/C16H10ClNO2/c17-12-7-3-4-8-13(12)18-14-9-15(19)10-5-1-2-6-11(10)16(14)20/h1-9,18H. The summed E-state index contributed by atoms with van der Waals surface area (Å²) in [6.45, 7) is 0. The van der Waals surface area contributed by atoms with Crippen molar-refractivity contribution in [2.24, 2.45) is 0 Å². The van der Waals surface area contributed by atoms with Crippen LogP contribution < -0.4 is 5.32 Å². The molecular formula is C16H10ClNO2. The number of benzene rings is 2. The van der Waals surface area contributed by atoms with Crippen LogP contribution in [0.15, 0.2) is 60.3 Å². The molecule has 1 aliphatic carbocycles. The third kappa shape index (κ3) is 2.12. The summed E-state index contributed by atoms with van der Waals surface area (Å²) < 4.78 is 0. The van der Waals surface area contributed by atoms with Gasteiger partial charge in [0, 0.05) is 17.2 Å². The molecule has 2 aromatic carbocycles. The van der Waals surface area contributed by atoms with Crippen LogP contribution in [-0.2, 0) is 0 Å². The molecule has 0 radical (unpaired) electrons. The maximum absolute atomic E-state index is 12.4. The molecule has 3 nitrogen and oxygen atoms in total. The first-order chi connectivity index (χ1) is 9.66. The quantitative estimate of drug-likeness (QED) is 0.914. The van der Waals surface area contributed by atoms with E-state index in [0.717, 1.165) is 0 Å². The van der Waals surface area contributed by atoms with Gasteiger partial charge in [-0.25, -0.2) is 0 Å². The van der Waals surface area contributed by atoms with Gasteiger partial charge in [0.15, 0.2) is 5.78 Å². The van der Waals surface area contributed by atoms with Crippen LogP contribution in [0.4, 0.5) is 5.69 Å². The highest BCUT2D eigenvalue weighted by Crippen LogP contribution is 2.26. The van der Waals surface area contributed by atoms with Crippen LogP contribution in [0.1, 0.15) is 20.7 Å². The largest absolute Gasteiger partial charge is 0.351 e. The molecule has 0 aliphatic heterocycles. The second-order valence-corrected chi connectivity index (χ2v) is 4.81. The molecule has 0 heterocycles. The Morgan fingerprint density at radius 1 is 0.850 bits per heavy atom. The Morgan fingerprint density at radius 2 is 1.50 bits per heavy atom. The topological polar surface area (TPSA) is 46.2 Å². The van der Waals surface area contributed by atoms with Gasteiger partial charge >= 0.3 is 0 Å². The van der Waals surface area contributed by atoms with Gasteiger partial charge in [-0.3, -0.25) is 9.59 Å². The summed E-state index contributed by atoms with van der Waals surface area (Å²) in [5.41, 5.74) is 1.68. The number of allylic oxidation sites excluding steroid dienone is 2. The Bertz CT molecular complexity index is 750. The lowest BCUT2D eigenvalue weighted by atomic mass is 9.92. The molecule has 1 N–H and O–H groups in total. The molecule has 0 unspecified atom stereocenters. The van der Waals surface area contributed by atoms with Crippen LogP contribution in [-0.4, -0.2) is 11.6 Å². The lowest BCUT2D eigenvalue weighted by Crippen LogP contribution is -2.21. The number of halogens is 1. The predicted molar refractivity (Wildman–Crippen MR) is 78.3 cm³/mol. The summed E-state index contributed by atoms with van der Waals surface area (Å²) in [5.74, 6) is -0.394. The van der Waals surface area contributed by atoms with Crippen molar-refractivity contribution in [3.05, 3.63) is 76.5 Å². The van der Waals surface area contributed by atoms with E-state index in [1.807, 2.05) is 0 Å². The molecule has 0 amide bonds. The van der Waals surface area contributed by atoms with Crippen LogP contribution in [0.5, 0.6) is 0 Å². The highest BCUT2D eigenvalue weighted by atomic mass is 35.5. The zero-order valence-electron chi connectivity index (χ0n) is 10.4. The summed E-state index contributed by atoms with van der Waals surface area (Å²) in [6.07, 6.45) is 1.31. The van der Waals surface area contributed by atoms with E-state index in [2.05, 4.69) is 5.32 Å². The molecule has 0 saturated carbocycles. The van der Waals surface area contributed by atoms with Crippen LogP contribution in [0.3, 0.4) is 0 Å². The summed E-state index contributed by atoms with van der Waals surface area (Å²) in [7, 11) is 0. The minimum atomic E-state index is -0.208. The fraction of sp³-hybridized carbons (Fsp3) is 0. The lowest BCUT2D eigenvalue weighted by molar-refractivity contribution is 0.0985. The molecule has 0 bridgehead atoms. The van der Waals surface area contributed by atoms with Gasteiger partial charge < -0.3 is 5.32 Å². The summed E-state index contributed by atoms with van der Waals surface area (Å²) >= 11 is 6.04. The molecule has 3 rings (SSSR count). The Labute approximate surface area is 120 Å². The second-order valence-electron chi connectivity index (χ2n) is 4.40. The van der Waals surface area contributed by atoms with E-state index in [4.69, 9.17) is 11.6 Å². The van der Waals surface area contributed by atoms with Crippen LogP contribution in [0.25, 0.3) is 0 Å². The van der Waals surface area contributed by atoms with Crippen molar-refractivity contribution in [1.29, 1.82) is 0 Å². The van der Waals surface area contributed by atoms with E-state index in [0.29, 0.717) is 21.8 Å². The Balaban J connectivity index is 1.99. The predicted octanol–water partition coefficient (Wildman–Crippen LogP) is 3.72. The lowest BCUT2D eigenvalue weighted by Gasteiger charge is -2.16. The second kappa shape index (κ2) is 4.94. The maximum atomic E-state index is 12.4. The summed E-state index contributed by atoms with van der Waals surface area (Å²) in [5, 5.41) is 3.42. The van der Waals surface area contributed by atoms with E-state index >= 15 is 0 Å². The number of carbonyl (C=O) groups is 2. The maximum Gasteiger partial charge on any atom is 0.210 e. The highest BCUT2D eigenvalue weighted by Gasteiger charge is 2.25. The zero-order chi connectivity index (χ0) is 14.1. The molecule has 98 valence electrons. The normalized spacial score (nSPS) is 13.8. The van der Waals surface area contributed by atoms with Gasteiger partial charge in [0.05, 0.1) is 16.4 Å². The average Bonchev–Trinajstić information content (AvgIpc) is 2.47. The summed E-state index contributed by atoms with van der Waals surface area (Å²) in [6, 6.07) is 13.8. The molecule has 1 aliphatic rings. The number of Topliss-reactive ketones (excluding diaryl/α,β-unsaturated/α-hetero) is 1. The highest BCUT2D eigenvalue weighted by molar-refractivity contribution is 6.33. The molecule has 0 fully saturated rings. The van der Waals surface area contributed by atoms with Crippen molar-refractivity contribution in [1.82, 2.24) is 0 Å². The van der Waals surface area contributed by atoms with Crippen LogP contribution >= 0.6 is 11.6 Å². The number of nitrogens with one attached hydrogen (secondary N) is 1. The monoisotopic (exact) mass is 283 g/mol. The molecule has 0 aromatic heterocycles. The number of anilines is 1. The van der Waals surface area contributed by atoms with Crippen LogP contribution in [0, 0.1) is 0 Å². The molecule has 0 spiro atoms. The first-order valence-electron chi connectivity index (χ1n) is 6.08. The Hall–Kier alpha value is -2.39. The SMILES string of the molecule is O=C1C=C(Nc2ccccc2Cl)C(=O)c2ccccc21. The average molecular weight is 284 g/mol. The van der Waals surface area contributed by atoms with Gasteiger partial charge in [0.25, 0.3) is 0 Å². The number of hydrogen-bond acceptors (Lipinski definition) is 3. The van der Waals surface area contributed by atoms with Crippen molar-refractivity contribution in [2.75, 3.05) is 5.32 Å². The first-order valence-corrected chi connectivity index (χ1v) is 6.46. The van der Waals surface area contributed by atoms with E-state index in [1.165, 1.54) is 6.08 Å². The van der Waals surface area contributed by atoms with Crippen molar-refractivity contribution in [3.63, 3.8) is 0 Å². The molecule has 0 atom stereocenters. The number of ketones is 2. The van der Waals surface area contributed by atoms with Crippen LogP contribution in [0.2, 0.25) is 5.02 Å². The minimum Gasteiger partial charge on any atom is -0.351 e. The third-order valence-electron chi connectivity index (χ3n) is 3.10. The first kappa shape index (κ1) is 12.6. The number of para-hydroxylation sites is 1. The smallest absolute Gasteiger partial charge is 0.210 e. The zero-order valence-corrected chi connectivity index (χ0v) is 11.1. The van der Waals surface area contributed by atoms with Crippen molar-refractivity contribution in [2.45, 2.75) is 0 Å². The molecule has 2 aromatic rings. The molecule has 20 heavy (non-hydrogen) atoms. The molecular weight excluding hydrogens is 274 g/mol. The number of hydrogen-bond donors (Lipinski definition) is 1. The fourth-order valence-corrected chi connectivity index (χ4v) is 2.30. The van der Waals surface area contributed by atoms with E-state index in [-0.39, 0.29) is 17.3 Å². The van der Waals surface area contributed by atoms with Gasteiger partial charge in [-0.2, -0.15) is 0 Å². The van der Waals surface area contributed by atoms with E-state index in [1.54, 1.807) is 48.5 Å². The van der Waals surface area contributed by atoms with Gasteiger partial charge in [0.1, 0.15) is 0 Å². The Morgan fingerprint density at radius 3 is 2.25 bits per heavy atom. The molecule has 0 saturated heterocycles.